The van der Waals surface area contributed by atoms with Gasteiger partial charge in [0.2, 0.25) is 6.79 Å². The highest BCUT2D eigenvalue weighted by molar-refractivity contribution is 5.95. The highest BCUT2D eigenvalue weighted by Gasteiger charge is 2.25. The van der Waals surface area contributed by atoms with Crippen LogP contribution >= 0.6 is 0 Å². The fraction of sp³-hybridized carbons (Fsp3) is 0.261. The number of aryl methyl sites for hydroxylation is 1. The van der Waals surface area contributed by atoms with Crippen molar-refractivity contribution in [1.29, 1.82) is 0 Å². The van der Waals surface area contributed by atoms with Crippen LogP contribution in [-0.2, 0) is 0 Å². The molecule has 0 N–H and O–H groups in total. The van der Waals surface area contributed by atoms with Gasteiger partial charge in [-0.25, -0.2) is 14.4 Å². The molecule has 0 aliphatic carbocycles. The predicted molar refractivity (Wildman–Crippen MR) is 113 cm³/mol. The number of hydrogen-bond acceptors (Lipinski definition) is 6. The standard InChI is InChI=1S/C23H21FN4O3/c1-15-11-21(26-22(25-15)16-3-2-4-18(24)12-16)27-7-9-28(10-8-27)23(29)17-5-6-19-20(13-17)31-14-30-19/h2-6,11-13H,7-10,14H2,1H3. The fourth-order valence-corrected chi connectivity index (χ4v) is 3.82. The molecule has 8 heteroatoms. The van der Waals surface area contributed by atoms with Crippen LogP contribution in [0.15, 0.2) is 48.5 Å². The molecule has 158 valence electrons. The molecule has 1 aromatic heterocycles. The summed E-state index contributed by atoms with van der Waals surface area (Å²) < 4.78 is 24.3. The molecule has 0 atom stereocenters. The van der Waals surface area contributed by atoms with Crippen molar-refractivity contribution in [3.05, 3.63) is 65.6 Å². The molecule has 31 heavy (non-hydrogen) atoms. The van der Waals surface area contributed by atoms with Gasteiger partial charge in [0.05, 0.1) is 0 Å². The van der Waals surface area contributed by atoms with E-state index in [1.54, 1.807) is 30.3 Å². The number of carbonyl (C=O) groups excluding carboxylic acids is 1. The molecule has 0 saturated carbocycles. The van der Waals surface area contributed by atoms with Crippen LogP contribution in [0.4, 0.5) is 10.2 Å². The van der Waals surface area contributed by atoms with Crippen molar-refractivity contribution in [2.75, 3.05) is 37.9 Å². The Morgan fingerprint density at radius 3 is 2.58 bits per heavy atom. The minimum atomic E-state index is -0.320. The molecule has 7 nitrogen and oxygen atoms in total. The van der Waals surface area contributed by atoms with Gasteiger partial charge < -0.3 is 19.3 Å². The second-order valence-corrected chi connectivity index (χ2v) is 7.55. The van der Waals surface area contributed by atoms with Gasteiger partial charge in [0.25, 0.3) is 5.91 Å². The van der Waals surface area contributed by atoms with E-state index < -0.39 is 0 Å². The number of amides is 1. The first-order valence-corrected chi connectivity index (χ1v) is 10.1. The number of aromatic nitrogens is 2. The monoisotopic (exact) mass is 420 g/mol. The summed E-state index contributed by atoms with van der Waals surface area (Å²) in [5, 5.41) is 0. The molecule has 1 fully saturated rings. The van der Waals surface area contributed by atoms with Crippen molar-refractivity contribution in [3.8, 4) is 22.9 Å². The Kier molecular flexibility index (Phi) is 4.89. The van der Waals surface area contributed by atoms with Crippen molar-refractivity contribution in [3.63, 3.8) is 0 Å². The molecule has 0 unspecified atom stereocenters. The van der Waals surface area contributed by atoms with E-state index in [9.17, 15) is 9.18 Å². The van der Waals surface area contributed by atoms with Gasteiger partial charge in [0.15, 0.2) is 17.3 Å². The average Bonchev–Trinajstić information content (AvgIpc) is 3.26. The van der Waals surface area contributed by atoms with E-state index in [0.717, 1.165) is 11.5 Å². The van der Waals surface area contributed by atoms with E-state index in [1.165, 1.54) is 12.1 Å². The predicted octanol–water partition coefficient (Wildman–Crippen LogP) is 3.28. The minimum absolute atomic E-state index is 0.0303. The molecule has 2 aromatic carbocycles. The van der Waals surface area contributed by atoms with Crippen molar-refractivity contribution in [2.45, 2.75) is 6.92 Å². The maximum absolute atomic E-state index is 13.6. The number of benzene rings is 2. The number of fused-ring (bicyclic) bond motifs is 1. The number of ether oxygens (including phenoxy) is 2. The second-order valence-electron chi connectivity index (χ2n) is 7.55. The second kappa shape index (κ2) is 7.86. The topological polar surface area (TPSA) is 67.8 Å². The molecular weight excluding hydrogens is 399 g/mol. The van der Waals surface area contributed by atoms with Gasteiger partial charge in [-0.1, -0.05) is 12.1 Å². The van der Waals surface area contributed by atoms with E-state index in [0.29, 0.717) is 54.6 Å². The van der Waals surface area contributed by atoms with Crippen molar-refractivity contribution >= 4 is 11.7 Å². The van der Waals surface area contributed by atoms with Crippen molar-refractivity contribution in [2.24, 2.45) is 0 Å². The summed E-state index contributed by atoms with van der Waals surface area (Å²) in [5.41, 5.74) is 2.04. The zero-order valence-corrected chi connectivity index (χ0v) is 17.0. The summed E-state index contributed by atoms with van der Waals surface area (Å²) in [7, 11) is 0. The van der Waals surface area contributed by atoms with Gasteiger partial charge in [-0.2, -0.15) is 0 Å². The molecule has 5 rings (SSSR count). The maximum atomic E-state index is 13.6. The molecule has 2 aliphatic heterocycles. The van der Waals surface area contributed by atoms with Gasteiger partial charge in [0.1, 0.15) is 11.6 Å². The number of piperazine rings is 1. The Hall–Kier alpha value is -3.68. The molecule has 3 heterocycles. The van der Waals surface area contributed by atoms with Crippen LogP contribution in [-0.4, -0.2) is 53.7 Å². The Morgan fingerprint density at radius 1 is 0.968 bits per heavy atom. The quantitative estimate of drug-likeness (QED) is 0.648. The SMILES string of the molecule is Cc1cc(N2CCN(C(=O)c3ccc4c(c3)OCO4)CC2)nc(-c2cccc(F)c2)n1. The Bertz CT molecular complexity index is 1150. The molecule has 1 saturated heterocycles. The Balaban J connectivity index is 1.30. The van der Waals surface area contributed by atoms with Gasteiger partial charge in [0, 0.05) is 49.1 Å². The number of rotatable bonds is 3. The summed E-state index contributed by atoms with van der Waals surface area (Å²) in [6.45, 7) is 4.52. The van der Waals surface area contributed by atoms with Crippen LogP contribution in [0.25, 0.3) is 11.4 Å². The zero-order chi connectivity index (χ0) is 21.4. The lowest BCUT2D eigenvalue weighted by atomic mass is 10.1. The highest BCUT2D eigenvalue weighted by Crippen LogP contribution is 2.33. The number of hydrogen-bond donors (Lipinski definition) is 0. The first-order valence-electron chi connectivity index (χ1n) is 10.1. The molecule has 0 bridgehead atoms. The summed E-state index contributed by atoms with van der Waals surface area (Å²) in [5.74, 6) is 2.19. The smallest absolute Gasteiger partial charge is 0.254 e. The number of nitrogens with zero attached hydrogens (tertiary/aromatic N) is 4. The minimum Gasteiger partial charge on any atom is -0.454 e. The molecule has 0 spiro atoms. The number of halogens is 1. The molecule has 3 aromatic rings. The molecule has 1 amide bonds. The largest absolute Gasteiger partial charge is 0.454 e. The van der Waals surface area contributed by atoms with Crippen LogP contribution in [0.3, 0.4) is 0 Å². The van der Waals surface area contributed by atoms with Crippen molar-refractivity contribution in [1.82, 2.24) is 14.9 Å². The fourth-order valence-electron chi connectivity index (χ4n) is 3.82. The highest BCUT2D eigenvalue weighted by atomic mass is 19.1. The third kappa shape index (κ3) is 3.88. The van der Waals surface area contributed by atoms with Crippen LogP contribution in [0.1, 0.15) is 16.1 Å². The van der Waals surface area contributed by atoms with Gasteiger partial charge >= 0.3 is 0 Å². The van der Waals surface area contributed by atoms with Crippen LogP contribution in [0.2, 0.25) is 0 Å². The average molecular weight is 420 g/mol. The van der Waals surface area contributed by atoms with E-state index in [2.05, 4.69) is 14.9 Å². The molecule has 2 aliphatic rings. The summed E-state index contributed by atoms with van der Waals surface area (Å²) in [4.78, 5) is 26.0. The van der Waals surface area contributed by atoms with Crippen molar-refractivity contribution < 1.29 is 18.7 Å². The Morgan fingerprint density at radius 2 is 1.77 bits per heavy atom. The van der Waals surface area contributed by atoms with Crippen LogP contribution < -0.4 is 14.4 Å². The van der Waals surface area contributed by atoms with E-state index in [-0.39, 0.29) is 18.5 Å². The lowest BCUT2D eigenvalue weighted by molar-refractivity contribution is 0.0746. The van der Waals surface area contributed by atoms with E-state index in [4.69, 9.17) is 9.47 Å². The van der Waals surface area contributed by atoms with Crippen LogP contribution in [0.5, 0.6) is 11.5 Å². The summed E-state index contributed by atoms with van der Waals surface area (Å²) >= 11 is 0. The van der Waals surface area contributed by atoms with E-state index in [1.807, 2.05) is 17.9 Å². The normalized spacial score (nSPS) is 15.3. The first kappa shape index (κ1) is 19.3. The van der Waals surface area contributed by atoms with E-state index >= 15 is 0 Å². The first-order chi connectivity index (χ1) is 15.1. The summed E-state index contributed by atoms with van der Waals surface area (Å²) in [6.07, 6.45) is 0. The lowest BCUT2D eigenvalue weighted by Gasteiger charge is -2.35. The molecule has 0 radical (unpaired) electrons. The maximum Gasteiger partial charge on any atom is 0.254 e. The van der Waals surface area contributed by atoms with Crippen LogP contribution in [0, 0.1) is 12.7 Å². The van der Waals surface area contributed by atoms with Gasteiger partial charge in [-0.3, -0.25) is 4.79 Å². The third-order valence-electron chi connectivity index (χ3n) is 5.43. The number of carbonyl (C=O) groups is 1. The zero-order valence-electron chi connectivity index (χ0n) is 17.0. The summed E-state index contributed by atoms with van der Waals surface area (Å²) in [6, 6.07) is 13.5. The number of anilines is 1. The Labute approximate surface area is 179 Å². The third-order valence-corrected chi connectivity index (χ3v) is 5.43. The lowest BCUT2D eigenvalue weighted by Crippen LogP contribution is -2.49. The van der Waals surface area contributed by atoms with Gasteiger partial charge in [-0.15, -0.1) is 0 Å². The van der Waals surface area contributed by atoms with Gasteiger partial charge in [-0.05, 0) is 37.3 Å². The molecular formula is C23H21FN4O3.